The molecule has 5 amide bonds. The molecule has 0 saturated carbocycles. The molecule has 194 valence electrons. The first-order valence-electron chi connectivity index (χ1n) is 11.0. The average Bonchev–Trinajstić information content (AvgIpc) is 3.27. The summed E-state index contributed by atoms with van der Waals surface area (Å²) in [6.45, 7) is 0.289. The summed E-state index contributed by atoms with van der Waals surface area (Å²) in [6, 6.07) is 6.12. The summed E-state index contributed by atoms with van der Waals surface area (Å²) in [5.41, 5.74) is 0.416. The molecule has 1 saturated heterocycles. The van der Waals surface area contributed by atoms with Crippen LogP contribution in [0.5, 0.6) is 5.75 Å². The zero-order chi connectivity index (χ0) is 26.9. The van der Waals surface area contributed by atoms with E-state index in [-0.39, 0.29) is 41.7 Å². The van der Waals surface area contributed by atoms with Gasteiger partial charge in [-0.05, 0) is 35.7 Å². The van der Waals surface area contributed by atoms with Crippen LogP contribution in [-0.4, -0.2) is 74.9 Å². The normalized spacial score (nSPS) is 17.8. The summed E-state index contributed by atoms with van der Waals surface area (Å²) in [7, 11) is -6.18. The van der Waals surface area contributed by atoms with Gasteiger partial charge in [0.15, 0.2) is 0 Å². The third kappa shape index (κ3) is 5.59. The van der Waals surface area contributed by atoms with E-state index < -0.39 is 50.6 Å². The minimum Gasteiger partial charge on any atom is -0.534 e. The van der Waals surface area contributed by atoms with Crippen LogP contribution in [0.15, 0.2) is 42.5 Å². The quantitative estimate of drug-likeness (QED) is 0.180. The number of para-hydroxylation sites is 1. The fourth-order valence-corrected chi connectivity index (χ4v) is 4.55. The van der Waals surface area contributed by atoms with Crippen molar-refractivity contribution in [2.45, 2.75) is 18.4 Å². The predicted octanol–water partition coefficient (Wildman–Crippen LogP) is -0.897. The molecule has 14 nitrogen and oxygen atoms in total. The highest BCUT2D eigenvalue weighted by Gasteiger charge is 2.40. The SMILES string of the molecule is O=C(O)c1cccc2c1OB(O)[C@@H](NC(=O)[C@@H](NC(=O)N1CCNC1=O)c1ccc(P(=O)(O)O)cc1)C2. The lowest BCUT2D eigenvalue weighted by Crippen LogP contribution is -2.56. The molecule has 2 aromatic rings. The number of nitrogens with one attached hydrogen (secondary N) is 3. The molecule has 2 aliphatic heterocycles. The Labute approximate surface area is 209 Å². The molecule has 0 aromatic heterocycles. The molecule has 0 aliphatic carbocycles. The van der Waals surface area contributed by atoms with Gasteiger partial charge in [0, 0.05) is 13.1 Å². The zero-order valence-corrected chi connectivity index (χ0v) is 19.9. The Hall–Kier alpha value is -3.91. The number of carboxylic acids is 1. The van der Waals surface area contributed by atoms with E-state index in [0.29, 0.717) is 5.56 Å². The molecule has 2 atom stereocenters. The predicted molar refractivity (Wildman–Crippen MR) is 127 cm³/mol. The number of nitrogens with zero attached hydrogens (tertiary/aromatic N) is 1. The van der Waals surface area contributed by atoms with E-state index in [9.17, 15) is 43.7 Å². The molecule has 2 aromatic carbocycles. The summed E-state index contributed by atoms with van der Waals surface area (Å²) in [5, 5.41) is 27.0. The van der Waals surface area contributed by atoms with Crippen LogP contribution >= 0.6 is 7.60 Å². The molecule has 2 aliphatic rings. The Morgan fingerprint density at radius 3 is 2.46 bits per heavy atom. The number of carboxylic acid groups (broad SMARTS) is 1. The number of carbonyl (C=O) groups is 4. The van der Waals surface area contributed by atoms with Crippen molar-refractivity contribution in [2.24, 2.45) is 0 Å². The molecule has 1 fully saturated rings. The number of hydrogen-bond acceptors (Lipinski definition) is 7. The first-order valence-corrected chi connectivity index (χ1v) is 12.6. The maximum atomic E-state index is 13.3. The van der Waals surface area contributed by atoms with Gasteiger partial charge in [-0.15, -0.1) is 0 Å². The lowest BCUT2D eigenvalue weighted by molar-refractivity contribution is -0.123. The van der Waals surface area contributed by atoms with E-state index in [0.717, 1.165) is 17.0 Å². The summed E-state index contributed by atoms with van der Waals surface area (Å²) in [5.74, 6) is -3.12. The standard InChI is InChI=1S/C21H22BN4O10P/c27-18(24-15-10-12-2-1-3-14(19(28)29)17(12)36-22(15)32)16(25-21(31)26-9-8-23-20(26)30)11-4-6-13(7-5-11)37(33,34)35/h1-7,15-16,32H,8-10H2,(H,23,30)(H,24,27)(H,25,31)(H,28,29)(H2,33,34,35)/t15-,16-/m0/s1. The molecule has 37 heavy (non-hydrogen) atoms. The highest BCUT2D eigenvalue weighted by molar-refractivity contribution is 7.60. The van der Waals surface area contributed by atoms with Crippen molar-refractivity contribution in [1.82, 2.24) is 20.9 Å². The van der Waals surface area contributed by atoms with Crippen LogP contribution in [0.1, 0.15) is 27.5 Å². The van der Waals surface area contributed by atoms with Crippen molar-refractivity contribution in [3.8, 4) is 5.75 Å². The summed E-state index contributed by atoms with van der Waals surface area (Å²) in [4.78, 5) is 68.9. The van der Waals surface area contributed by atoms with Crippen LogP contribution in [-0.2, 0) is 15.8 Å². The van der Waals surface area contributed by atoms with Gasteiger partial charge in [0.1, 0.15) is 11.8 Å². The number of benzene rings is 2. The van der Waals surface area contributed by atoms with E-state index >= 15 is 0 Å². The average molecular weight is 532 g/mol. The molecule has 4 rings (SSSR count). The van der Waals surface area contributed by atoms with Gasteiger partial charge in [0.25, 0.3) is 0 Å². The maximum absolute atomic E-state index is 13.3. The zero-order valence-electron chi connectivity index (χ0n) is 19.0. The Morgan fingerprint density at radius 2 is 1.86 bits per heavy atom. The van der Waals surface area contributed by atoms with Crippen LogP contribution in [0.25, 0.3) is 0 Å². The smallest absolute Gasteiger partial charge is 0.534 e. The highest BCUT2D eigenvalue weighted by Crippen LogP contribution is 2.33. The number of hydrogen-bond donors (Lipinski definition) is 7. The van der Waals surface area contributed by atoms with E-state index in [1.54, 1.807) is 6.07 Å². The second-order valence-corrected chi connectivity index (χ2v) is 9.93. The van der Waals surface area contributed by atoms with Gasteiger partial charge in [-0.3, -0.25) is 9.36 Å². The molecule has 0 bridgehead atoms. The van der Waals surface area contributed by atoms with Gasteiger partial charge >= 0.3 is 32.7 Å². The molecular formula is C21H22BN4O10P. The van der Waals surface area contributed by atoms with Gasteiger partial charge in [0.2, 0.25) is 5.91 Å². The molecule has 7 N–H and O–H groups in total. The molecular weight excluding hydrogens is 510 g/mol. The molecule has 16 heteroatoms. The fraction of sp³-hybridized carbons (Fsp3) is 0.238. The number of carbonyl (C=O) groups excluding carboxylic acids is 3. The lowest BCUT2D eigenvalue weighted by Gasteiger charge is -2.30. The summed E-state index contributed by atoms with van der Waals surface area (Å²) in [6.07, 6.45) is 0.00962. The summed E-state index contributed by atoms with van der Waals surface area (Å²) < 4.78 is 16.9. The van der Waals surface area contributed by atoms with Crippen molar-refractivity contribution in [2.75, 3.05) is 13.1 Å². The molecule has 0 spiro atoms. The Kier molecular flexibility index (Phi) is 7.23. The van der Waals surface area contributed by atoms with E-state index in [2.05, 4.69) is 16.0 Å². The van der Waals surface area contributed by atoms with Crippen LogP contribution < -0.4 is 25.9 Å². The minimum atomic E-state index is -4.56. The van der Waals surface area contributed by atoms with Crippen molar-refractivity contribution in [1.29, 1.82) is 0 Å². The molecule has 2 heterocycles. The van der Waals surface area contributed by atoms with Crippen molar-refractivity contribution >= 4 is 44.0 Å². The second kappa shape index (κ2) is 10.2. The fourth-order valence-electron chi connectivity index (χ4n) is 4.01. The number of amides is 5. The van der Waals surface area contributed by atoms with Gasteiger partial charge in [0.05, 0.1) is 16.8 Å². The first-order chi connectivity index (χ1) is 17.5. The van der Waals surface area contributed by atoms with Crippen molar-refractivity contribution in [3.63, 3.8) is 0 Å². The summed E-state index contributed by atoms with van der Waals surface area (Å²) >= 11 is 0. The Bertz CT molecular complexity index is 1300. The van der Waals surface area contributed by atoms with Crippen LogP contribution in [0.4, 0.5) is 9.59 Å². The van der Waals surface area contributed by atoms with Gasteiger partial charge in [-0.25, -0.2) is 19.3 Å². The lowest BCUT2D eigenvalue weighted by atomic mass is 9.72. The third-order valence-corrected chi connectivity index (χ3v) is 6.84. The van der Waals surface area contributed by atoms with Crippen LogP contribution in [0.2, 0.25) is 0 Å². The Balaban J connectivity index is 1.58. The molecule has 0 radical (unpaired) electrons. The topological polar surface area (TPSA) is 215 Å². The first kappa shape index (κ1) is 26.2. The minimum absolute atomic E-state index is 0.00962. The largest absolute Gasteiger partial charge is 0.547 e. The van der Waals surface area contributed by atoms with E-state index in [1.807, 2.05) is 0 Å². The van der Waals surface area contributed by atoms with E-state index in [4.69, 9.17) is 4.65 Å². The van der Waals surface area contributed by atoms with Gasteiger partial charge in [-0.1, -0.05) is 24.3 Å². The van der Waals surface area contributed by atoms with Crippen molar-refractivity contribution < 1.29 is 48.3 Å². The van der Waals surface area contributed by atoms with Crippen molar-refractivity contribution in [3.05, 3.63) is 59.2 Å². The third-order valence-electron chi connectivity index (χ3n) is 5.87. The maximum Gasteiger partial charge on any atom is 0.547 e. The van der Waals surface area contributed by atoms with Gasteiger partial charge in [-0.2, -0.15) is 0 Å². The van der Waals surface area contributed by atoms with Crippen LogP contribution in [0.3, 0.4) is 0 Å². The number of aromatic carboxylic acids is 1. The highest BCUT2D eigenvalue weighted by atomic mass is 31.2. The molecule has 0 unspecified atom stereocenters. The second-order valence-electron chi connectivity index (χ2n) is 8.33. The van der Waals surface area contributed by atoms with E-state index in [1.165, 1.54) is 24.3 Å². The Morgan fingerprint density at radius 1 is 1.16 bits per heavy atom. The number of imide groups is 1. The monoisotopic (exact) mass is 532 g/mol. The number of rotatable bonds is 6. The number of fused-ring (bicyclic) bond motifs is 1. The number of urea groups is 2. The van der Waals surface area contributed by atoms with Gasteiger partial charge < -0.3 is 40.5 Å². The van der Waals surface area contributed by atoms with Crippen LogP contribution in [0, 0.1) is 0 Å².